The fourth-order valence-corrected chi connectivity index (χ4v) is 3.82. The molecule has 0 saturated carbocycles. The van der Waals surface area contributed by atoms with E-state index in [1.54, 1.807) is 39.0 Å². The summed E-state index contributed by atoms with van der Waals surface area (Å²) in [4.78, 5) is 40.9. The molecule has 6 N–H and O–H groups in total. The molecule has 4 rings (SSSR count). The number of benzene rings is 3. The highest BCUT2D eigenvalue weighted by Crippen LogP contribution is 2.21. The average Bonchev–Trinajstić information content (AvgIpc) is 2.86. The van der Waals surface area contributed by atoms with E-state index in [9.17, 15) is 30.0 Å². The highest BCUT2D eigenvalue weighted by Gasteiger charge is 2.21. The Morgan fingerprint density at radius 3 is 0.972 bits per heavy atom. The van der Waals surface area contributed by atoms with Gasteiger partial charge in [0, 0.05) is 0 Å². The molecule has 0 aliphatic heterocycles. The number of nitrogens with one attached hydrogen (secondary N) is 3. The summed E-state index contributed by atoms with van der Waals surface area (Å²) >= 11 is 0. The minimum absolute atomic E-state index is 0.0925. The van der Waals surface area contributed by atoms with E-state index >= 15 is 0 Å². The lowest BCUT2D eigenvalue weighted by Gasteiger charge is -2.17. The van der Waals surface area contributed by atoms with Gasteiger partial charge >= 0.3 is 17.1 Å². The Labute approximate surface area is 203 Å². The van der Waals surface area contributed by atoms with Gasteiger partial charge in [0.05, 0.1) is 34.1 Å². The number of hydrogen-bond donors (Lipinski definition) is 6. The van der Waals surface area contributed by atoms with Crippen LogP contribution in [0, 0.1) is 20.8 Å². The molecule has 0 saturated heterocycles. The molecule has 12 nitrogen and oxygen atoms in total. The molecule has 4 aromatic rings. The van der Waals surface area contributed by atoms with Crippen LogP contribution in [0.2, 0.25) is 0 Å². The highest BCUT2D eigenvalue weighted by atomic mass is 16.5. The molecule has 36 heavy (non-hydrogen) atoms. The molecule has 0 aliphatic rings. The molecule has 0 bridgehead atoms. The van der Waals surface area contributed by atoms with Crippen molar-refractivity contribution < 1.29 is 15.6 Å². The zero-order valence-corrected chi connectivity index (χ0v) is 19.6. The largest absolute Gasteiger partial charge is 0.345 e. The van der Waals surface area contributed by atoms with Gasteiger partial charge in [-0.3, -0.25) is 32.1 Å². The molecule has 1 heterocycles. The Bertz CT molecular complexity index is 1430. The molecule has 0 unspecified atom stereocenters. The Kier molecular flexibility index (Phi) is 6.49. The number of aromatic nitrogens is 3. The fourth-order valence-electron chi connectivity index (χ4n) is 3.82. The van der Waals surface area contributed by atoms with Crippen LogP contribution in [0.4, 0.5) is 17.1 Å². The molecular formula is C24H24N6O6. The van der Waals surface area contributed by atoms with Crippen LogP contribution in [-0.2, 0) is 0 Å². The number of nitrogens with zero attached hydrogens (tertiary/aromatic N) is 3. The van der Waals surface area contributed by atoms with Gasteiger partial charge in [0.15, 0.2) is 0 Å². The summed E-state index contributed by atoms with van der Waals surface area (Å²) in [6.07, 6.45) is 0. The fraction of sp³-hybridized carbons (Fsp3) is 0.125. The smallest absolute Gasteiger partial charge is 0.291 e. The van der Waals surface area contributed by atoms with Crippen LogP contribution in [0.15, 0.2) is 69.0 Å². The third-order valence-corrected chi connectivity index (χ3v) is 5.95. The van der Waals surface area contributed by atoms with Gasteiger partial charge in [0.25, 0.3) is 0 Å². The van der Waals surface area contributed by atoms with Crippen LogP contribution in [-0.4, -0.2) is 29.3 Å². The predicted molar refractivity (Wildman–Crippen MR) is 134 cm³/mol. The monoisotopic (exact) mass is 492 g/mol. The standard InChI is InChI=1S/C24H24N6O6/c1-13-4-7-16(10-19(13)25-34)28-22(31)29(17-8-5-14(2)20(11-17)26-35)24(33)30(23(28)32)18-9-6-15(3)21(12-18)27-36/h4-12,25-27,34-36H,1-3H3. The first kappa shape index (κ1) is 24.5. The van der Waals surface area contributed by atoms with Crippen molar-refractivity contribution >= 4 is 17.1 Å². The maximum absolute atomic E-state index is 13.6. The van der Waals surface area contributed by atoms with E-state index in [-0.39, 0.29) is 34.1 Å². The second kappa shape index (κ2) is 9.54. The van der Waals surface area contributed by atoms with Gasteiger partial charge in [-0.15, -0.1) is 0 Å². The van der Waals surface area contributed by atoms with Crippen molar-refractivity contribution in [3.05, 3.63) is 103 Å². The lowest BCUT2D eigenvalue weighted by atomic mass is 10.1. The van der Waals surface area contributed by atoms with E-state index in [0.717, 1.165) is 13.7 Å². The Morgan fingerprint density at radius 2 is 0.750 bits per heavy atom. The summed E-state index contributed by atoms with van der Waals surface area (Å²) in [6.45, 7) is 5.15. The predicted octanol–water partition coefficient (Wildman–Crippen LogP) is 2.47. The Morgan fingerprint density at radius 1 is 0.500 bits per heavy atom. The molecular weight excluding hydrogens is 468 g/mol. The van der Waals surface area contributed by atoms with Crippen LogP contribution >= 0.6 is 0 Å². The molecule has 0 fully saturated rings. The van der Waals surface area contributed by atoms with E-state index in [4.69, 9.17) is 0 Å². The zero-order valence-electron chi connectivity index (χ0n) is 19.6. The highest BCUT2D eigenvalue weighted by molar-refractivity contribution is 5.58. The number of rotatable bonds is 6. The average molecular weight is 492 g/mol. The topological polar surface area (TPSA) is 163 Å². The lowest BCUT2D eigenvalue weighted by molar-refractivity contribution is 0.388. The normalized spacial score (nSPS) is 10.8. The first-order valence-electron chi connectivity index (χ1n) is 10.8. The molecule has 0 amide bonds. The van der Waals surface area contributed by atoms with Gasteiger partial charge in [-0.2, -0.15) is 0 Å². The minimum atomic E-state index is -0.964. The zero-order chi connectivity index (χ0) is 26.1. The molecule has 3 aromatic carbocycles. The van der Waals surface area contributed by atoms with Gasteiger partial charge in [0.2, 0.25) is 0 Å². The van der Waals surface area contributed by atoms with E-state index < -0.39 is 17.1 Å². The summed E-state index contributed by atoms with van der Waals surface area (Å²) < 4.78 is 2.37. The van der Waals surface area contributed by atoms with Gasteiger partial charge in [0.1, 0.15) is 0 Å². The molecule has 186 valence electrons. The van der Waals surface area contributed by atoms with Crippen LogP contribution in [0.25, 0.3) is 17.1 Å². The quantitative estimate of drug-likeness (QED) is 0.222. The Balaban J connectivity index is 2.16. The van der Waals surface area contributed by atoms with Crippen LogP contribution in [0.5, 0.6) is 0 Å². The molecule has 0 spiro atoms. The van der Waals surface area contributed by atoms with Crippen molar-refractivity contribution in [1.29, 1.82) is 0 Å². The summed E-state index contributed by atoms with van der Waals surface area (Å²) in [5, 5.41) is 28.4. The Hall–Kier alpha value is -4.65. The number of aryl methyl sites for hydroxylation is 3. The maximum atomic E-state index is 13.6. The second-order valence-corrected chi connectivity index (χ2v) is 8.19. The van der Waals surface area contributed by atoms with Gasteiger partial charge in [-0.05, 0) is 73.9 Å². The van der Waals surface area contributed by atoms with Crippen molar-refractivity contribution in [2.75, 3.05) is 16.4 Å². The van der Waals surface area contributed by atoms with E-state index in [2.05, 4.69) is 0 Å². The molecule has 0 aliphatic carbocycles. The van der Waals surface area contributed by atoms with Crippen molar-refractivity contribution in [1.82, 2.24) is 13.7 Å². The molecule has 1 aromatic heterocycles. The number of hydrogen-bond acceptors (Lipinski definition) is 9. The van der Waals surface area contributed by atoms with Gasteiger partial charge in [-0.1, -0.05) is 18.2 Å². The summed E-state index contributed by atoms with van der Waals surface area (Å²) in [5.41, 5.74) is 6.19. The third-order valence-electron chi connectivity index (χ3n) is 5.95. The van der Waals surface area contributed by atoms with Gasteiger partial charge < -0.3 is 0 Å². The summed E-state index contributed by atoms with van der Waals surface area (Å²) in [5.74, 6) is 0. The SMILES string of the molecule is Cc1ccc(-n2c(=O)n(-c3ccc(C)c(NO)c3)c(=O)n(-c3ccc(C)c(NO)c3)c2=O)cc1NO. The number of anilines is 3. The molecule has 0 radical (unpaired) electrons. The summed E-state index contributed by atoms with van der Waals surface area (Å²) in [6, 6.07) is 13.5. The minimum Gasteiger partial charge on any atom is -0.291 e. The van der Waals surface area contributed by atoms with Crippen LogP contribution in [0.1, 0.15) is 16.7 Å². The van der Waals surface area contributed by atoms with Gasteiger partial charge in [-0.25, -0.2) is 28.1 Å². The summed E-state index contributed by atoms with van der Waals surface area (Å²) in [7, 11) is 0. The molecule has 0 atom stereocenters. The third kappa shape index (κ3) is 4.05. The van der Waals surface area contributed by atoms with Crippen molar-refractivity contribution in [3.63, 3.8) is 0 Å². The van der Waals surface area contributed by atoms with Crippen molar-refractivity contribution in [2.24, 2.45) is 0 Å². The van der Waals surface area contributed by atoms with Crippen molar-refractivity contribution in [2.45, 2.75) is 20.8 Å². The first-order chi connectivity index (χ1) is 17.2. The van der Waals surface area contributed by atoms with E-state index in [1.807, 2.05) is 16.4 Å². The first-order valence-corrected chi connectivity index (χ1v) is 10.8. The van der Waals surface area contributed by atoms with E-state index in [0.29, 0.717) is 16.7 Å². The van der Waals surface area contributed by atoms with Crippen LogP contribution < -0.4 is 33.5 Å². The van der Waals surface area contributed by atoms with Crippen molar-refractivity contribution in [3.8, 4) is 17.1 Å². The second-order valence-electron chi connectivity index (χ2n) is 8.19. The molecule has 12 heteroatoms. The lowest BCUT2D eigenvalue weighted by Crippen LogP contribution is -2.52. The maximum Gasteiger partial charge on any atom is 0.345 e. The van der Waals surface area contributed by atoms with E-state index in [1.165, 1.54) is 36.4 Å². The van der Waals surface area contributed by atoms with Crippen LogP contribution in [0.3, 0.4) is 0 Å².